The van der Waals surface area contributed by atoms with Crippen LogP contribution >= 0.6 is 17.0 Å². The molecule has 0 spiro atoms. The van der Waals surface area contributed by atoms with Gasteiger partial charge in [-0.25, -0.2) is 0 Å². The molecular weight excluding hydrogens is 623 g/mol. The topological polar surface area (TPSA) is 0 Å². The number of aryl methyl sites for hydroxylation is 1. The quantitative estimate of drug-likeness (QED) is 0.0961. The first-order valence-electron chi connectivity index (χ1n) is 14.2. The van der Waals surface area contributed by atoms with Gasteiger partial charge in [-0.05, 0) is 23.0 Å². The summed E-state index contributed by atoms with van der Waals surface area (Å²) in [4.78, 5) is 0. The summed E-state index contributed by atoms with van der Waals surface area (Å²) < 4.78 is 0. The predicted octanol–water partition coefficient (Wildman–Crippen LogP) is 12.4. The monoisotopic (exact) mass is 664 g/mol. The summed E-state index contributed by atoms with van der Waals surface area (Å²) in [5, 5.41) is 5.44. The predicted molar refractivity (Wildman–Crippen MR) is 180 cm³/mol. The van der Waals surface area contributed by atoms with E-state index in [1.807, 2.05) is 0 Å². The average molecular weight is 667 g/mol. The van der Waals surface area contributed by atoms with E-state index in [0.29, 0.717) is 0 Å². The Kier molecular flexibility index (Phi) is 16.4. The zero-order chi connectivity index (χ0) is 29.4. The first-order valence-corrected chi connectivity index (χ1v) is 22.6. The Morgan fingerprint density at radius 1 is 0.800 bits per heavy atom. The molecule has 0 N–H and O–H groups in total. The molecule has 0 fully saturated rings. The van der Waals surface area contributed by atoms with Gasteiger partial charge in [-0.15, -0.1) is 64.2 Å². The van der Waals surface area contributed by atoms with Crippen LogP contribution in [0.15, 0.2) is 97.1 Å². The van der Waals surface area contributed by atoms with Gasteiger partial charge in [0.15, 0.2) is 0 Å². The van der Waals surface area contributed by atoms with Crippen molar-refractivity contribution in [3.63, 3.8) is 0 Å². The van der Waals surface area contributed by atoms with Crippen LogP contribution in [0.25, 0.3) is 32.7 Å². The summed E-state index contributed by atoms with van der Waals surface area (Å²) in [5.74, 6) is 0. The standard InChI is InChI=1S/C25H31.C9H7.C2H6Si.2ClH.Zr/c1-5-6-7-8-10-19-17-21-11-9-12-23(24(21)18-19)20-13-15-22(16-14-20)25(2,3)4;1-2-5-9-7-3-6-8(9)4-1;1-3-2;;;/h9,11-18H,5-8,10H2,1-4H3;1-7H;1-2H3;2*1H;/q2*-1;;;;+4/p-2. The van der Waals surface area contributed by atoms with Crippen molar-refractivity contribution in [3.8, 4) is 11.1 Å². The summed E-state index contributed by atoms with van der Waals surface area (Å²) >= 11 is -0.826. The Hall–Kier alpha value is -1.44. The molecule has 0 heterocycles. The molecule has 0 saturated carbocycles. The van der Waals surface area contributed by atoms with Crippen LogP contribution in [0.4, 0.5) is 0 Å². The molecule has 0 atom stereocenters. The van der Waals surface area contributed by atoms with Crippen molar-refractivity contribution in [1.82, 2.24) is 0 Å². The number of hydrogen-bond donors (Lipinski definition) is 0. The minimum Gasteiger partial charge on any atom is -0.168 e. The van der Waals surface area contributed by atoms with E-state index in [9.17, 15) is 0 Å². The van der Waals surface area contributed by atoms with E-state index < -0.39 is 20.8 Å². The average Bonchev–Trinajstić information content (AvgIpc) is 3.59. The summed E-state index contributed by atoms with van der Waals surface area (Å²) in [5.41, 5.74) is 5.77. The van der Waals surface area contributed by atoms with E-state index in [1.165, 1.54) is 75.9 Å². The van der Waals surface area contributed by atoms with E-state index in [1.54, 1.807) is 0 Å². The second-order valence-electron chi connectivity index (χ2n) is 11.0. The van der Waals surface area contributed by atoms with Crippen molar-refractivity contribution in [2.24, 2.45) is 0 Å². The van der Waals surface area contributed by atoms with Crippen molar-refractivity contribution in [2.45, 2.75) is 78.3 Å². The van der Waals surface area contributed by atoms with Gasteiger partial charge >= 0.3 is 37.9 Å². The minimum absolute atomic E-state index is 0.205. The van der Waals surface area contributed by atoms with Gasteiger partial charge in [0.25, 0.3) is 0 Å². The maximum Gasteiger partial charge on any atom is -0.0809 e. The van der Waals surface area contributed by atoms with Crippen molar-refractivity contribution >= 4 is 48.1 Å². The van der Waals surface area contributed by atoms with E-state index in [0.717, 1.165) is 9.52 Å². The van der Waals surface area contributed by atoms with Crippen molar-refractivity contribution < 1.29 is 20.8 Å². The fourth-order valence-corrected chi connectivity index (χ4v) is 4.67. The van der Waals surface area contributed by atoms with Gasteiger partial charge in [0.2, 0.25) is 0 Å². The Balaban J connectivity index is 0.000000305. The van der Waals surface area contributed by atoms with E-state index >= 15 is 0 Å². The summed E-state index contributed by atoms with van der Waals surface area (Å²) in [6.45, 7) is 13.4. The largest absolute Gasteiger partial charge is 0.168 e. The summed E-state index contributed by atoms with van der Waals surface area (Å²) in [6, 6.07) is 35.3. The molecule has 5 aromatic rings. The van der Waals surface area contributed by atoms with Gasteiger partial charge < -0.3 is 0 Å². The van der Waals surface area contributed by atoms with Crippen LogP contribution in [0.3, 0.4) is 0 Å². The zero-order valence-corrected chi connectivity index (χ0v) is 30.0. The molecule has 0 bridgehead atoms. The third-order valence-corrected chi connectivity index (χ3v) is 6.74. The Labute approximate surface area is 264 Å². The van der Waals surface area contributed by atoms with Crippen molar-refractivity contribution in [2.75, 3.05) is 0 Å². The van der Waals surface area contributed by atoms with Crippen LogP contribution in [0.5, 0.6) is 0 Å². The second kappa shape index (κ2) is 18.9. The van der Waals surface area contributed by atoms with Crippen LogP contribution in [0.2, 0.25) is 13.1 Å². The molecular formula is C36H44Cl2SiZr. The van der Waals surface area contributed by atoms with Gasteiger partial charge in [0.1, 0.15) is 0 Å². The molecule has 40 heavy (non-hydrogen) atoms. The number of fused-ring (bicyclic) bond motifs is 2. The third-order valence-electron chi connectivity index (χ3n) is 6.74. The van der Waals surface area contributed by atoms with Crippen LogP contribution in [0.1, 0.15) is 64.5 Å². The number of rotatable bonds is 6. The molecule has 0 aliphatic rings. The fraction of sp³-hybridized carbons (Fsp3) is 0.333. The van der Waals surface area contributed by atoms with Crippen molar-refractivity contribution in [3.05, 3.63) is 108 Å². The number of halogens is 2. The first-order chi connectivity index (χ1) is 19.3. The molecule has 0 amide bonds. The minimum atomic E-state index is -0.826. The molecule has 0 aromatic heterocycles. The van der Waals surface area contributed by atoms with Gasteiger partial charge in [-0.3, -0.25) is 0 Å². The van der Waals surface area contributed by atoms with Gasteiger partial charge in [0, 0.05) is 9.52 Å². The Morgan fingerprint density at radius 2 is 1.45 bits per heavy atom. The molecule has 0 aliphatic carbocycles. The van der Waals surface area contributed by atoms with Crippen LogP contribution in [0, 0.1) is 0 Å². The summed E-state index contributed by atoms with van der Waals surface area (Å²) in [7, 11) is 11.0. The van der Waals surface area contributed by atoms with Crippen LogP contribution in [-0.2, 0) is 32.7 Å². The molecule has 0 aliphatic heterocycles. The second-order valence-corrected chi connectivity index (χ2v) is 15.8. The molecule has 5 aromatic carbocycles. The number of hydrogen-bond acceptors (Lipinski definition) is 0. The van der Waals surface area contributed by atoms with Gasteiger partial charge in [0.05, 0.1) is 0 Å². The third kappa shape index (κ3) is 11.4. The Morgan fingerprint density at radius 3 is 2.08 bits per heavy atom. The van der Waals surface area contributed by atoms with Crippen LogP contribution in [-0.4, -0.2) is 9.52 Å². The maximum absolute atomic E-state index is 4.93. The summed E-state index contributed by atoms with van der Waals surface area (Å²) in [6.07, 6.45) is 6.51. The molecule has 0 unspecified atom stereocenters. The normalized spacial score (nSPS) is 10.5. The van der Waals surface area contributed by atoms with E-state index in [4.69, 9.17) is 17.0 Å². The SMILES string of the molecule is CCCCCCc1cc2c(-c3ccc(C(C)(C)C)cc3)cccc2[cH-]1.C[Si]C.[Cl][Zr+2][Cl].c1ccc2[cH-]ccc2c1. The molecule has 0 saturated heterocycles. The Bertz CT molecular complexity index is 1330. The molecule has 5 rings (SSSR count). The van der Waals surface area contributed by atoms with Gasteiger partial charge in [-0.1, -0.05) is 108 Å². The first kappa shape index (κ1) is 34.8. The smallest absolute Gasteiger partial charge is 0.0809 e. The number of benzene rings is 3. The molecule has 4 heteroatoms. The fourth-order valence-electron chi connectivity index (χ4n) is 4.67. The van der Waals surface area contributed by atoms with Crippen molar-refractivity contribution in [1.29, 1.82) is 0 Å². The van der Waals surface area contributed by atoms with Gasteiger partial charge in [-0.2, -0.15) is 23.6 Å². The van der Waals surface area contributed by atoms with Crippen LogP contribution < -0.4 is 0 Å². The molecule has 0 nitrogen and oxygen atoms in total. The van der Waals surface area contributed by atoms with E-state index in [2.05, 4.69) is 138 Å². The molecule has 2 radical (unpaired) electrons. The van der Waals surface area contributed by atoms with E-state index in [-0.39, 0.29) is 5.41 Å². The molecule has 210 valence electrons. The number of unbranched alkanes of at least 4 members (excludes halogenated alkanes) is 3. The maximum atomic E-state index is 4.93. The zero-order valence-electron chi connectivity index (χ0n) is 25.0.